The van der Waals surface area contributed by atoms with Crippen LogP contribution in [0.3, 0.4) is 0 Å². The van der Waals surface area contributed by atoms with Crippen LogP contribution < -0.4 is 0 Å². The minimum absolute atomic E-state index is 0. The summed E-state index contributed by atoms with van der Waals surface area (Å²) in [4.78, 5) is 0. The maximum absolute atomic E-state index is 4.04. The SMILES string of the molecule is S[C]1[CH][CH][CH][CH]1.S[C]1[CH][CH][CH][CH]1.[Fe]. The molecule has 0 heterocycles. The summed E-state index contributed by atoms with van der Waals surface area (Å²) in [5.41, 5.74) is 0. The Hall–Kier alpha value is 1.22. The molecule has 0 atom stereocenters. The Kier molecular flexibility index (Phi) is 9.32. The largest absolute Gasteiger partial charge is 0.170 e. The van der Waals surface area contributed by atoms with E-state index in [0.717, 1.165) is 10.5 Å². The molecule has 0 N–H and O–H groups in total. The third-order valence-electron chi connectivity index (χ3n) is 1.29. The van der Waals surface area contributed by atoms with E-state index in [9.17, 15) is 0 Å². The van der Waals surface area contributed by atoms with Crippen molar-refractivity contribution in [3.63, 3.8) is 0 Å². The fraction of sp³-hybridized carbons (Fsp3) is 0. The van der Waals surface area contributed by atoms with E-state index in [-0.39, 0.29) is 17.1 Å². The second-order valence-corrected chi connectivity index (χ2v) is 3.32. The Morgan fingerprint density at radius 1 is 0.615 bits per heavy atom. The first-order chi connectivity index (χ1) is 5.79. The average molecular weight is 250 g/mol. The molecule has 0 aliphatic heterocycles. The monoisotopic (exact) mass is 250 g/mol. The maximum Gasteiger partial charge on any atom is 0.0348 e. The van der Waals surface area contributed by atoms with Crippen LogP contribution in [-0.2, 0) is 17.1 Å². The summed E-state index contributed by atoms with van der Waals surface area (Å²) in [6, 6.07) is 0. The van der Waals surface area contributed by atoms with Crippen molar-refractivity contribution in [1.29, 1.82) is 0 Å². The van der Waals surface area contributed by atoms with Crippen molar-refractivity contribution in [2.24, 2.45) is 0 Å². The smallest absolute Gasteiger partial charge is 0.0348 e. The summed E-state index contributed by atoms with van der Waals surface area (Å²) >= 11 is 8.07. The molecule has 2 aliphatic carbocycles. The van der Waals surface area contributed by atoms with Crippen molar-refractivity contribution in [1.82, 2.24) is 0 Å². The molecule has 0 bridgehead atoms. The molecule has 0 aromatic rings. The molecule has 2 aliphatic rings. The second kappa shape index (κ2) is 8.52. The number of hydrogen-bond donors (Lipinski definition) is 2. The predicted octanol–water partition coefficient (Wildman–Crippen LogP) is 2.56. The van der Waals surface area contributed by atoms with E-state index in [4.69, 9.17) is 0 Å². The summed E-state index contributed by atoms with van der Waals surface area (Å²) in [5, 5.41) is 2.07. The number of rotatable bonds is 0. The zero-order valence-electron chi connectivity index (χ0n) is 6.87. The maximum atomic E-state index is 4.04. The van der Waals surface area contributed by atoms with Crippen molar-refractivity contribution >= 4 is 25.3 Å². The Labute approximate surface area is 104 Å². The molecule has 0 saturated heterocycles. The van der Waals surface area contributed by atoms with Crippen LogP contribution in [0.4, 0.5) is 0 Å². The zero-order valence-corrected chi connectivity index (χ0v) is 9.76. The predicted molar refractivity (Wildman–Crippen MR) is 58.9 cm³/mol. The van der Waals surface area contributed by atoms with Crippen LogP contribution in [-0.4, -0.2) is 0 Å². The molecule has 2 fully saturated rings. The first-order valence-corrected chi connectivity index (χ1v) is 4.50. The third kappa shape index (κ3) is 7.18. The summed E-state index contributed by atoms with van der Waals surface area (Å²) in [6.45, 7) is 0. The molecule has 0 unspecified atom stereocenters. The first-order valence-electron chi connectivity index (χ1n) is 3.60. The van der Waals surface area contributed by atoms with Crippen molar-refractivity contribution < 1.29 is 17.1 Å². The summed E-state index contributed by atoms with van der Waals surface area (Å²) in [5.74, 6) is 0. The average Bonchev–Trinajstić information content (AvgIpc) is 2.63. The van der Waals surface area contributed by atoms with Gasteiger partial charge >= 0.3 is 0 Å². The topological polar surface area (TPSA) is 0 Å². The van der Waals surface area contributed by atoms with Gasteiger partial charge in [-0.1, -0.05) is 0 Å². The van der Waals surface area contributed by atoms with Gasteiger partial charge in [-0.05, 0) is 51.4 Å². The molecule has 10 radical (unpaired) electrons. The fourth-order valence-electron chi connectivity index (χ4n) is 0.728. The molecule has 0 aromatic heterocycles. The summed E-state index contributed by atoms with van der Waals surface area (Å²) in [7, 11) is 0. The van der Waals surface area contributed by atoms with Gasteiger partial charge in [0.25, 0.3) is 0 Å². The molecule has 0 amide bonds. The Morgan fingerprint density at radius 3 is 0.923 bits per heavy atom. The molecule has 2 rings (SSSR count). The van der Waals surface area contributed by atoms with Crippen LogP contribution in [0.5, 0.6) is 0 Å². The first kappa shape index (κ1) is 14.2. The van der Waals surface area contributed by atoms with Gasteiger partial charge in [-0.25, -0.2) is 0 Å². The van der Waals surface area contributed by atoms with Crippen LogP contribution >= 0.6 is 25.3 Å². The van der Waals surface area contributed by atoms with Gasteiger partial charge in [-0.3, -0.25) is 0 Å². The van der Waals surface area contributed by atoms with E-state index < -0.39 is 0 Å². The third-order valence-corrected chi connectivity index (χ3v) is 1.89. The van der Waals surface area contributed by atoms with E-state index in [1.165, 1.54) is 0 Å². The molecule has 2 saturated carbocycles. The van der Waals surface area contributed by atoms with E-state index in [1.54, 1.807) is 0 Å². The minimum atomic E-state index is 0. The normalized spacial score (nSPS) is 23.5. The van der Waals surface area contributed by atoms with Gasteiger partial charge in [0.2, 0.25) is 0 Å². The van der Waals surface area contributed by atoms with Gasteiger partial charge < -0.3 is 0 Å². The molecule has 70 valence electrons. The number of hydrogen-bond acceptors (Lipinski definition) is 2. The summed E-state index contributed by atoms with van der Waals surface area (Å²) in [6.07, 6.45) is 15.6. The van der Waals surface area contributed by atoms with Crippen molar-refractivity contribution in [2.75, 3.05) is 0 Å². The molecule has 0 aromatic carbocycles. The molecular formula is C10H10FeS2. The van der Waals surface area contributed by atoms with E-state index >= 15 is 0 Å². The zero-order chi connectivity index (χ0) is 8.81. The minimum Gasteiger partial charge on any atom is -0.170 e. The fourth-order valence-corrected chi connectivity index (χ4v) is 1.07. The van der Waals surface area contributed by atoms with Gasteiger partial charge in [-0.2, -0.15) is 25.3 Å². The van der Waals surface area contributed by atoms with Gasteiger partial charge in [0.1, 0.15) is 0 Å². The molecule has 3 heteroatoms. The van der Waals surface area contributed by atoms with Crippen LogP contribution in [0, 0.1) is 61.9 Å². The summed E-state index contributed by atoms with van der Waals surface area (Å²) < 4.78 is 0. The van der Waals surface area contributed by atoms with Crippen molar-refractivity contribution in [3.8, 4) is 0 Å². The Morgan fingerprint density at radius 2 is 0.846 bits per heavy atom. The second-order valence-electron chi connectivity index (χ2n) is 2.29. The van der Waals surface area contributed by atoms with Gasteiger partial charge in [0.05, 0.1) is 0 Å². The van der Waals surface area contributed by atoms with Gasteiger partial charge in [0.15, 0.2) is 0 Å². The van der Waals surface area contributed by atoms with Crippen LogP contribution in [0.25, 0.3) is 0 Å². The standard InChI is InChI=1S/2C5H5S.Fe/c2*6-5-3-1-2-4-5;/h2*1-4,6H;. The van der Waals surface area contributed by atoms with Crippen molar-refractivity contribution in [2.45, 2.75) is 0 Å². The van der Waals surface area contributed by atoms with Crippen molar-refractivity contribution in [3.05, 3.63) is 61.9 Å². The van der Waals surface area contributed by atoms with Crippen LogP contribution in [0.2, 0.25) is 0 Å². The molecule has 13 heavy (non-hydrogen) atoms. The van der Waals surface area contributed by atoms with Gasteiger partial charge in [-0.15, -0.1) is 0 Å². The van der Waals surface area contributed by atoms with E-state index in [0.29, 0.717) is 0 Å². The Bertz CT molecular complexity index is 93.5. The quantitative estimate of drug-likeness (QED) is 0.479. The van der Waals surface area contributed by atoms with Crippen LogP contribution in [0.1, 0.15) is 0 Å². The molecular weight excluding hydrogens is 240 g/mol. The van der Waals surface area contributed by atoms with Gasteiger partial charge in [0, 0.05) is 27.6 Å². The van der Waals surface area contributed by atoms with E-state index in [2.05, 4.69) is 25.3 Å². The number of thiol groups is 2. The molecule has 0 spiro atoms. The van der Waals surface area contributed by atoms with E-state index in [1.807, 2.05) is 51.4 Å². The Balaban J connectivity index is 0.000000206. The molecule has 0 nitrogen and oxygen atoms in total. The van der Waals surface area contributed by atoms with Crippen LogP contribution in [0.15, 0.2) is 0 Å².